The van der Waals surface area contributed by atoms with E-state index in [1.807, 2.05) is 36.1 Å². The third-order valence-electron chi connectivity index (χ3n) is 5.28. The Hall–Kier alpha value is -3.13. The van der Waals surface area contributed by atoms with E-state index < -0.39 is 0 Å². The molecule has 0 bridgehead atoms. The minimum atomic E-state index is -0.0744. The van der Waals surface area contributed by atoms with Crippen molar-refractivity contribution < 1.29 is 14.3 Å². The second-order valence-electron chi connectivity index (χ2n) is 7.32. The van der Waals surface area contributed by atoms with Gasteiger partial charge in [-0.25, -0.2) is 9.50 Å². The van der Waals surface area contributed by atoms with Crippen molar-refractivity contribution in [3.8, 4) is 22.8 Å². The molecule has 0 spiro atoms. The van der Waals surface area contributed by atoms with Crippen molar-refractivity contribution in [1.29, 1.82) is 0 Å². The summed E-state index contributed by atoms with van der Waals surface area (Å²) in [6.45, 7) is 5.55. The molecule has 0 unspecified atom stereocenters. The van der Waals surface area contributed by atoms with Gasteiger partial charge < -0.3 is 19.7 Å². The number of aromatic nitrogens is 3. The fraction of sp³-hybridized carbons (Fsp3) is 0.381. The number of benzene rings is 1. The number of nitrogens with one attached hydrogen (secondary N) is 1. The average Bonchev–Trinajstić information content (AvgIpc) is 3.18. The Bertz CT molecular complexity index is 1050. The van der Waals surface area contributed by atoms with E-state index in [0.717, 1.165) is 17.8 Å². The Labute approximate surface area is 169 Å². The van der Waals surface area contributed by atoms with Crippen LogP contribution in [0.25, 0.3) is 16.9 Å². The van der Waals surface area contributed by atoms with Gasteiger partial charge in [0, 0.05) is 43.0 Å². The maximum absolute atomic E-state index is 13.1. The molecule has 2 atom stereocenters. The largest absolute Gasteiger partial charge is 0.493 e. The number of fused-ring (bicyclic) bond motifs is 1. The van der Waals surface area contributed by atoms with Crippen LogP contribution < -0.4 is 14.8 Å². The van der Waals surface area contributed by atoms with Crippen molar-refractivity contribution >= 4 is 11.6 Å². The van der Waals surface area contributed by atoms with E-state index in [1.54, 1.807) is 31.0 Å². The fourth-order valence-corrected chi connectivity index (χ4v) is 3.67. The molecule has 1 fully saturated rings. The molecule has 2 aromatic heterocycles. The van der Waals surface area contributed by atoms with Gasteiger partial charge in [0.15, 0.2) is 22.8 Å². The summed E-state index contributed by atoms with van der Waals surface area (Å²) < 4.78 is 12.4. The first-order valence-corrected chi connectivity index (χ1v) is 9.63. The molecule has 1 N–H and O–H groups in total. The number of hydrogen-bond acceptors (Lipinski definition) is 6. The smallest absolute Gasteiger partial charge is 0.274 e. The average molecular weight is 395 g/mol. The molecule has 29 heavy (non-hydrogen) atoms. The number of methoxy groups -OCH3 is 2. The molecule has 1 aromatic carbocycles. The highest BCUT2D eigenvalue weighted by atomic mass is 16.5. The number of rotatable bonds is 4. The molecule has 0 saturated carbocycles. The standard InChI is InChI=1S/C21H25N5O3/c1-13-12-25(14(2)11-23-13)21(27)16-10-20-22-8-7-17(26(20)24-16)15-5-6-18(28-3)19(9-15)29-4/h5-10,13-14,23H,11-12H2,1-4H3/t13-,14-/m0/s1. The lowest BCUT2D eigenvalue weighted by Gasteiger charge is -2.37. The molecule has 1 aliphatic heterocycles. The lowest BCUT2D eigenvalue weighted by Crippen LogP contribution is -2.56. The topological polar surface area (TPSA) is 81.0 Å². The number of ether oxygens (including phenoxy) is 2. The van der Waals surface area contributed by atoms with Gasteiger partial charge in [-0.3, -0.25) is 4.79 Å². The second-order valence-corrected chi connectivity index (χ2v) is 7.32. The van der Waals surface area contributed by atoms with Gasteiger partial charge in [0.25, 0.3) is 5.91 Å². The minimum absolute atomic E-state index is 0.0744. The predicted molar refractivity (Wildman–Crippen MR) is 109 cm³/mol. The Morgan fingerprint density at radius 1 is 1.14 bits per heavy atom. The highest BCUT2D eigenvalue weighted by Crippen LogP contribution is 2.32. The first-order chi connectivity index (χ1) is 14.0. The van der Waals surface area contributed by atoms with Gasteiger partial charge in [0.2, 0.25) is 0 Å². The Balaban J connectivity index is 1.73. The van der Waals surface area contributed by atoms with Gasteiger partial charge in [-0.1, -0.05) is 0 Å². The van der Waals surface area contributed by atoms with Crippen LogP contribution in [0.5, 0.6) is 11.5 Å². The molecular weight excluding hydrogens is 370 g/mol. The fourth-order valence-electron chi connectivity index (χ4n) is 3.67. The van der Waals surface area contributed by atoms with Crippen molar-refractivity contribution in [2.45, 2.75) is 25.9 Å². The van der Waals surface area contributed by atoms with Crippen LogP contribution in [0.2, 0.25) is 0 Å². The summed E-state index contributed by atoms with van der Waals surface area (Å²) in [6, 6.07) is 9.64. The van der Waals surface area contributed by atoms with Crippen molar-refractivity contribution in [1.82, 2.24) is 24.8 Å². The van der Waals surface area contributed by atoms with E-state index in [9.17, 15) is 4.79 Å². The first kappa shape index (κ1) is 19.2. The number of amides is 1. The van der Waals surface area contributed by atoms with E-state index >= 15 is 0 Å². The normalized spacial score (nSPS) is 19.4. The first-order valence-electron chi connectivity index (χ1n) is 9.63. The number of piperazine rings is 1. The number of nitrogens with zero attached hydrogens (tertiary/aromatic N) is 4. The van der Waals surface area contributed by atoms with Gasteiger partial charge in [0.1, 0.15) is 0 Å². The molecule has 8 nitrogen and oxygen atoms in total. The SMILES string of the molecule is COc1ccc(-c2ccnc3cc(C(=O)N4C[C@H](C)NC[C@@H]4C)nn23)cc1OC. The summed E-state index contributed by atoms with van der Waals surface area (Å²) in [4.78, 5) is 19.4. The zero-order valence-electron chi connectivity index (χ0n) is 17.0. The summed E-state index contributed by atoms with van der Waals surface area (Å²) in [5.74, 6) is 1.20. The molecule has 3 heterocycles. The summed E-state index contributed by atoms with van der Waals surface area (Å²) in [5.41, 5.74) is 2.72. The molecule has 1 aliphatic rings. The van der Waals surface area contributed by atoms with Gasteiger partial charge in [-0.15, -0.1) is 0 Å². The maximum Gasteiger partial charge on any atom is 0.274 e. The van der Waals surface area contributed by atoms with Crippen LogP contribution in [-0.4, -0.2) is 64.8 Å². The molecule has 4 rings (SSSR count). The van der Waals surface area contributed by atoms with Gasteiger partial charge in [-0.05, 0) is 38.1 Å². The lowest BCUT2D eigenvalue weighted by atomic mass is 10.1. The molecule has 3 aromatic rings. The van der Waals surface area contributed by atoms with Crippen LogP contribution >= 0.6 is 0 Å². The Kier molecular flexibility index (Phi) is 5.10. The monoisotopic (exact) mass is 395 g/mol. The van der Waals surface area contributed by atoms with Crippen LogP contribution in [0.15, 0.2) is 36.5 Å². The van der Waals surface area contributed by atoms with Crippen molar-refractivity contribution in [2.75, 3.05) is 27.3 Å². The summed E-state index contributed by atoms with van der Waals surface area (Å²) >= 11 is 0. The van der Waals surface area contributed by atoms with E-state index in [4.69, 9.17) is 9.47 Å². The van der Waals surface area contributed by atoms with E-state index in [0.29, 0.717) is 29.4 Å². The van der Waals surface area contributed by atoms with Crippen LogP contribution in [0, 0.1) is 0 Å². The minimum Gasteiger partial charge on any atom is -0.493 e. The highest BCUT2D eigenvalue weighted by Gasteiger charge is 2.29. The number of carbonyl (C=O) groups excluding carboxylic acids is 1. The van der Waals surface area contributed by atoms with Gasteiger partial charge in [-0.2, -0.15) is 5.10 Å². The molecule has 0 radical (unpaired) electrons. The zero-order valence-corrected chi connectivity index (χ0v) is 17.0. The second kappa shape index (κ2) is 7.71. The molecule has 0 aliphatic carbocycles. The van der Waals surface area contributed by atoms with Gasteiger partial charge in [0.05, 0.1) is 19.9 Å². The lowest BCUT2D eigenvalue weighted by molar-refractivity contribution is 0.0610. The van der Waals surface area contributed by atoms with Crippen molar-refractivity contribution in [2.24, 2.45) is 0 Å². The van der Waals surface area contributed by atoms with Crippen molar-refractivity contribution in [3.63, 3.8) is 0 Å². The van der Waals surface area contributed by atoms with Crippen LogP contribution in [0.3, 0.4) is 0 Å². The quantitative estimate of drug-likeness (QED) is 0.730. The van der Waals surface area contributed by atoms with Crippen molar-refractivity contribution in [3.05, 3.63) is 42.2 Å². The van der Waals surface area contributed by atoms with Gasteiger partial charge >= 0.3 is 0 Å². The molecule has 8 heteroatoms. The molecule has 1 saturated heterocycles. The number of carbonyl (C=O) groups is 1. The summed E-state index contributed by atoms with van der Waals surface area (Å²) in [5, 5.41) is 7.98. The molecule has 152 valence electrons. The maximum atomic E-state index is 13.1. The molecular formula is C21H25N5O3. The van der Waals surface area contributed by atoms with Crippen LogP contribution in [0.4, 0.5) is 0 Å². The highest BCUT2D eigenvalue weighted by molar-refractivity contribution is 5.94. The third kappa shape index (κ3) is 3.51. The third-order valence-corrected chi connectivity index (χ3v) is 5.28. The summed E-state index contributed by atoms with van der Waals surface area (Å²) in [7, 11) is 3.20. The predicted octanol–water partition coefficient (Wildman–Crippen LogP) is 2.24. The van der Waals surface area contributed by atoms with Crippen LogP contribution in [-0.2, 0) is 0 Å². The number of hydrogen-bond donors (Lipinski definition) is 1. The van der Waals surface area contributed by atoms with Crippen LogP contribution in [0.1, 0.15) is 24.3 Å². The van der Waals surface area contributed by atoms with E-state index in [1.165, 1.54) is 0 Å². The zero-order chi connectivity index (χ0) is 20.5. The Morgan fingerprint density at radius 2 is 1.93 bits per heavy atom. The Morgan fingerprint density at radius 3 is 2.69 bits per heavy atom. The van der Waals surface area contributed by atoms with E-state index in [-0.39, 0.29) is 18.0 Å². The van der Waals surface area contributed by atoms with E-state index in [2.05, 4.69) is 22.3 Å². The molecule has 1 amide bonds. The summed E-state index contributed by atoms with van der Waals surface area (Å²) in [6.07, 6.45) is 1.72.